The molecule has 0 unspecified atom stereocenters. The fourth-order valence-corrected chi connectivity index (χ4v) is 1.45. The van der Waals surface area contributed by atoms with E-state index in [1.165, 1.54) is 18.4 Å². The van der Waals surface area contributed by atoms with Crippen LogP contribution in [0.4, 0.5) is 0 Å². The van der Waals surface area contributed by atoms with Crippen molar-refractivity contribution in [3.63, 3.8) is 0 Å². The van der Waals surface area contributed by atoms with E-state index in [1.54, 1.807) is 6.92 Å². The van der Waals surface area contributed by atoms with Gasteiger partial charge in [0.1, 0.15) is 22.6 Å². The van der Waals surface area contributed by atoms with Crippen LogP contribution in [0.5, 0.6) is 5.75 Å². The molecule has 0 radical (unpaired) electrons. The molecule has 0 fully saturated rings. The summed E-state index contributed by atoms with van der Waals surface area (Å²) in [7, 11) is 0. The van der Waals surface area contributed by atoms with Gasteiger partial charge < -0.3 is 9.52 Å². The highest BCUT2D eigenvalue weighted by Gasteiger charge is 2.09. The molecule has 2 aromatic rings. The van der Waals surface area contributed by atoms with Crippen LogP contribution in [0.15, 0.2) is 27.6 Å². The number of hydrogen-bond donors (Lipinski definition) is 1. The van der Waals surface area contributed by atoms with Crippen molar-refractivity contribution >= 4 is 22.6 Å². The number of fused-ring (bicyclic) bond motifs is 1. The van der Waals surface area contributed by atoms with E-state index < -0.39 is 0 Å². The standard InChI is InChI=1S/C10H7ClO3/c1-5-8(12)3-2-6-9(13)7(11)4-14-10(5)6/h2-4,12H,1H3. The van der Waals surface area contributed by atoms with Gasteiger partial charge in [0.25, 0.3) is 0 Å². The molecule has 3 nitrogen and oxygen atoms in total. The van der Waals surface area contributed by atoms with Crippen LogP contribution in [-0.4, -0.2) is 5.11 Å². The van der Waals surface area contributed by atoms with Crippen molar-refractivity contribution in [1.29, 1.82) is 0 Å². The van der Waals surface area contributed by atoms with Gasteiger partial charge in [0.05, 0.1) is 5.39 Å². The molecule has 72 valence electrons. The van der Waals surface area contributed by atoms with Crippen molar-refractivity contribution < 1.29 is 9.52 Å². The summed E-state index contributed by atoms with van der Waals surface area (Å²) >= 11 is 5.61. The van der Waals surface area contributed by atoms with Crippen LogP contribution in [0, 0.1) is 6.92 Å². The first-order valence-corrected chi connectivity index (χ1v) is 4.38. The van der Waals surface area contributed by atoms with Gasteiger partial charge in [0, 0.05) is 5.56 Å². The fraction of sp³-hybridized carbons (Fsp3) is 0.100. The highest BCUT2D eigenvalue weighted by Crippen LogP contribution is 2.25. The summed E-state index contributed by atoms with van der Waals surface area (Å²) < 4.78 is 5.14. The van der Waals surface area contributed by atoms with Gasteiger partial charge in [-0.05, 0) is 19.1 Å². The molecule has 0 atom stereocenters. The van der Waals surface area contributed by atoms with E-state index in [1.807, 2.05) is 0 Å². The van der Waals surface area contributed by atoms with Crippen LogP contribution < -0.4 is 5.43 Å². The second-order valence-electron chi connectivity index (χ2n) is 3.00. The Morgan fingerprint density at radius 1 is 1.43 bits per heavy atom. The molecule has 0 aliphatic heterocycles. The zero-order chi connectivity index (χ0) is 10.3. The molecule has 0 saturated carbocycles. The largest absolute Gasteiger partial charge is 0.508 e. The van der Waals surface area contributed by atoms with Crippen molar-refractivity contribution in [2.75, 3.05) is 0 Å². The molecule has 0 bridgehead atoms. The van der Waals surface area contributed by atoms with E-state index >= 15 is 0 Å². The van der Waals surface area contributed by atoms with Gasteiger partial charge in [-0.1, -0.05) is 11.6 Å². The van der Waals surface area contributed by atoms with Gasteiger partial charge in [-0.25, -0.2) is 0 Å². The number of hydrogen-bond acceptors (Lipinski definition) is 3. The van der Waals surface area contributed by atoms with Crippen molar-refractivity contribution in [3.8, 4) is 5.75 Å². The Morgan fingerprint density at radius 2 is 2.14 bits per heavy atom. The molecule has 1 aromatic carbocycles. The summed E-state index contributed by atoms with van der Waals surface area (Å²) in [6, 6.07) is 2.94. The smallest absolute Gasteiger partial charge is 0.211 e. The van der Waals surface area contributed by atoms with Crippen molar-refractivity contribution in [3.05, 3.63) is 39.2 Å². The zero-order valence-corrected chi connectivity index (χ0v) is 8.13. The van der Waals surface area contributed by atoms with E-state index in [4.69, 9.17) is 16.0 Å². The minimum atomic E-state index is -0.281. The topological polar surface area (TPSA) is 50.4 Å². The third-order valence-corrected chi connectivity index (χ3v) is 2.38. The van der Waals surface area contributed by atoms with Gasteiger partial charge in [0.15, 0.2) is 0 Å². The second kappa shape index (κ2) is 3.03. The highest BCUT2D eigenvalue weighted by atomic mass is 35.5. The maximum absolute atomic E-state index is 11.5. The summed E-state index contributed by atoms with van der Waals surface area (Å²) in [6.45, 7) is 1.68. The lowest BCUT2D eigenvalue weighted by molar-refractivity contribution is 0.469. The Bertz CT molecular complexity index is 557. The molecular weight excluding hydrogens is 204 g/mol. The number of phenolic OH excluding ortho intramolecular Hbond substituents is 1. The van der Waals surface area contributed by atoms with Crippen LogP contribution in [0.1, 0.15) is 5.56 Å². The highest BCUT2D eigenvalue weighted by molar-refractivity contribution is 6.30. The molecule has 0 aliphatic carbocycles. The van der Waals surface area contributed by atoms with Crippen LogP contribution in [-0.2, 0) is 0 Å². The Morgan fingerprint density at radius 3 is 2.86 bits per heavy atom. The predicted octanol–water partition coefficient (Wildman–Crippen LogP) is 2.46. The predicted molar refractivity (Wildman–Crippen MR) is 53.9 cm³/mol. The molecule has 0 aliphatic rings. The summed E-state index contributed by atoms with van der Waals surface area (Å²) in [5.74, 6) is 0.1000. The lowest BCUT2D eigenvalue weighted by atomic mass is 10.1. The molecule has 2 rings (SSSR count). The van der Waals surface area contributed by atoms with Crippen LogP contribution in [0.3, 0.4) is 0 Å². The third kappa shape index (κ3) is 1.17. The first kappa shape index (κ1) is 9.09. The van der Waals surface area contributed by atoms with Crippen LogP contribution in [0.25, 0.3) is 11.0 Å². The summed E-state index contributed by atoms with van der Waals surface area (Å²) in [6.07, 6.45) is 1.18. The summed E-state index contributed by atoms with van der Waals surface area (Å²) in [4.78, 5) is 11.5. The molecule has 4 heteroatoms. The SMILES string of the molecule is Cc1c(O)ccc2c(=O)c(Cl)coc12. The van der Waals surface area contributed by atoms with E-state index in [0.717, 1.165) is 0 Å². The normalized spacial score (nSPS) is 10.7. The van der Waals surface area contributed by atoms with Crippen molar-refractivity contribution in [2.45, 2.75) is 6.92 Å². The third-order valence-electron chi connectivity index (χ3n) is 2.12. The maximum Gasteiger partial charge on any atom is 0.211 e. The zero-order valence-electron chi connectivity index (χ0n) is 7.37. The van der Waals surface area contributed by atoms with Crippen molar-refractivity contribution in [2.24, 2.45) is 0 Å². The average Bonchev–Trinajstić information content (AvgIpc) is 2.17. The molecular formula is C10H7ClO3. The Labute approximate surface area is 84.5 Å². The van der Waals surface area contributed by atoms with E-state index in [0.29, 0.717) is 16.5 Å². The molecule has 0 amide bonds. The first-order chi connectivity index (χ1) is 6.61. The quantitative estimate of drug-likeness (QED) is 0.727. The Balaban J connectivity index is 3.02. The van der Waals surface area contributed by atoms with Gasteiger partial charge in [-0.15, -0.1) is 0 Å². The first-order valence-electron chi connectivity index (χ1n) is 4.01. The summed E-state index contributed by atoms with van der Waals surface area (Å²) in [5.41, 5.74) is 0.631. The minimum Gasteiger partial charge on any atom is -0.508 e. The Kier molecular flexibility index (Phi) is 1.97. The molecule has 0 saturated heterocycles. The van der Waals surface area contributed by atoms with Gasteiger partial charge in [0.2, 0.25) is 5.43 Å². The molecule has 14 heavy (non-hydrogen) atoms. The second-order valence-corrected chi connectivity index (χ2v) is 3.41. The number of benzene rings is 1. The average molecular weight is 211 g/mol. The molecule has 1 aromatic heterocycles. The molecule has 0 spiro atoms. The number of phenols is 1. The van der Waals surface area contributed by atoms with E-state index in [9.17, 15) is 9.90 Å². The fourth-order valence-electron chi connectivity index (χ4n) is 1.30. The number of aryl methyl sites for hydroxylation is 1. The lowest BCUT2D eigenvalue weighted by Crippen LogP contribution is -2.01. The van der Waals surface area contributed by atoms with Crippen molar-refractivity contribution in [1.82, 2.24) is 0 Å². The van der Waals surface area contributed by atoms with E-state index in [2.05, 4.69) is 0 Å². The van der Waals surface area contributed by atoms with Gasteiger partial charge >= 0.3 is 0 Å². The minimum absolute atomic E-state index is 0.0441. The van der Waals surface area contributed by atoms with Gasteiger partial charge in [-0.2, -0.15) is 0 Å². The maximum atomic E-state index is 11.5. The number of halogens is 1. The van der Waals surface area contributed by atoms with Gasteiger partial charge in [-0.3, -0.25) is 4.79 Å². The number of aromatic hydroxyl groups is 1. The van der Waals surface area contributed by atoms with Crippen LogP contribution >= 0.6 is 11.6 Å². The molecule has 1 heterocycles. The monoisotopic (exact) mass is 210 g/mol. The Hall–Kier alpha value is -1.48. The van der Waals surface area contributed by atoms with E-state index in [-0.39, 0.29) is 16.2 Å². The summed E-state index contributed by atoms with van der Waals surface area (Å²) in [5, 5.41) is 9.81. The molecule has 1 N–H and O–H groups in total. The lowest BCUT2D eigenvalue weighted by Gasteiger charge is -2.02. The number of rotatable bonds is 0. The van der Waals surface area contributed by atoms with Crippen LogP contribution in [0.2, 0.25) is 5.02 Å².